The molecule has 4 aliphatic carbocycles. The molecule has 0 radical (unpaired) electrons. The molecule has 3 heteroatoms. The molecule has 188 valence electrons. The maximum Gasteiger partial charge on any atom is 0.305 e. The van der Waals surface area contributed by atoms with Crippen molar-refractivity contribution >= 4 is 5.97 Å². The minimum Gasteiger partial charge on any atom is -0.469 e. The summed E-state index contributed by atoms with van der Waals surface area (Å²) in [6, 6.07) is 11.2. The normalized spacial score (nSPS) is 44.4. The second-order valence-corrected chi connectivity index (χ2v) is 12.9. The SMILES string of the molecule is COC(=O)CCC(C)[C@H]1CCC2C3CC[C@@H]4C[C@H](c5ccccc5)CC[C@]4(C)C3C[C@H](O)[C@@]21C. The standard InChI is InChI=1S/C31H46O3/c1-20(10-15-29(33)34-4)25-13-14-26-24-12-11-23-18-22(21-8-6-5-7-9-21)16-17-30(23,2)27(24)19-28(32)31(25,26)3/h5-9,20,22-28,32H,10-19H2,1-4H3/t20?,22-,23-,24?,25-,26?,27?,28+,30+,31-/m1/s1. The molecule has 5 rings (SSSR count). The van der Waals surface area contributed by atoms with Crippen LogP contribution in [0.1, 0.15) is 96.5 Å². The van der Waals surface area contributed by atoms with E-state index in [0.717, 1.165) is 24.7 Å². The molecule has 34 heavy (non-hydrogen) atoms. The molecule has 10 atom stereocenters. The van der Waals surface area contributed by atoms with Gasteiger partial charge < -0.3 is 9.84 Å². The van der Waals surface area contributed by atoms with Crippen molar-refractivity contribution in [3.63, 3.8) is 0 Å². The molecular formula is C31H46O3. The van der Waals surface area contributed by atoms with Gasteiger partial charge in [0.25, 0.3) is 0 Å². The van der Waals surface area contributed by atoms with E-state index in [1.54, 1.807) is 0 Å². The lowest BCUT2D eigenvalue weighted by atomic mass is 9.43. The Morgan fingerprint density at radius 3 is 2.56 bits per heavy atom. The monoisotopic (exact) mass is 466 g/mol. The summed E-state index contributed by atoms with van der Waals surface area (Å²) in [6.07, 6.45) is 11.3. The Morgan fingerprint density at radius 2 is 1.82 bits per heavy atom. The van der Waals surface area contributed by atoms with Gasteiger partial charge in [0.05, 0.1) is 13.2 Å². The lowest BCUT2D eigenvalue weighted by molar-refractivity contribution is -0.169. The molecule has 4 unspecified atom stereocenters. The van der Waals surface area contributed by atoms with Gasteiger partial charge in [0.2, 0.25) is 0 Å². The summed E-state index contributed by atoms with van der Waals surface area (Å²) >= 11 is 0. The molecule has 0 amide bonds. The predicted octanol–water partition coefficient (Wildman–Crippen LogP) is 6.99. The van der Waals surface area contributed by atoms with Crippen molar-refractivity contribution in [2.45, 2.75) is 97.0 Å². The molecule has 1 aromatic carbocycles. The number of methoxy groups -OCH3 is 1. The summed E-state index contributed by atoms with van der Waals surface area (Å²) in [5, 5.41) is 11.8. The highest BCUT2D eigenvalue weighted by Crippen LogP contribution is 2.69. The van der Waals surface area contributed by atoms with Crippen LogP contribution in [0.15, 0.2) is 30.3 Å². The maximum atomic E-state index is 11.8. The summed E-state index contributed by atoms with van der Waals surface area (Å²) in [5.74, 6) is 4.43. The van der Waals surface area contributed by atoms with E-state index in [2.05, 4.69) is 51.1 Å². The third kappa shape index (κ3) is 3.85. The van der Waals surface area contributed by atoms with Crippen LogP contribution in [0.5, 0.6) is 0 Å². The fourth-order valence-electron chi connectivity index (χ4n) is 9.86. The summed E-state index contributed by atoms with van der Waals surface area (Å²) in [4.78, 5) is 11.8. The number of benzene rings is 1. The number of carbonyl (C=O) groups excluding carboxylic acids is 1. The molecule has 4 aliphatic rings. The number of carbonyl (C=O) groups is 1. The Bertz CT molecular complexity index is 867. The van der Waals surface area contributed by atoms with E-state index < -0.39 is 0 Å². The summed E-state index contributed by atoms with van der Waals surface area (Å²) in [7, 11) is 1.48. The van der Waals surface area contributed by atoms with Gasteiger partial charge in [-0.1, -0.05) is 51.1 Å². The number of esters is 1. The predicted molar refractivity (Wildman–Crippen MR) is 136 cm³/mol. The maximum absolute atomic E-state index is 11.8. The zero-order valence-corrected chi connectivity index (χ0v) is 21.8. The Morgan fingerprint density at radius 1 is 1.06 bits per heavy atom. The topological polar surface area (TPSA) is 46.5 Å². The third-order valence-electron chi connectivity index (χ3n) is 11.8. The van der Waals surface area contributed by atoms with E-state index in [-0.39, 0.29) is 17.5 Å². The second kappa shape index (κ2) is 9.26. The van der Waals surface area contributed by atoms with E-state index in [1.165, 1.54) is 57.6 Å². The van der Waals surface area contributed by atoms with Crippen LogP contribution in [0.3, 0.4) is 0 Å². The Kier molecular flexibility index (Phi) is 6.63. The van der Waals surface area contributed by atoms with Crippen LogP contribution in [0, 0.1) is 46.3 Å². The molecule has 0 aliphatic heterocycles. The number of ether oxygens (including phenoxy) is 1. The van der Waals surface area contributed by atoms with Crippen molar-refractivity contribution in [2.75, 3.05) is 7.11 Å². The first-order valence-corrected chi connectivity index (χ1v) is 14.1. The zero-order chi connectivity index (χ0) is 24.1. The smallest absolute Gasteiger partial charge is 0.305 e. The van der Waals surface area contributed by atoms with Gasteiger partial charge in [-0.05, 0) is 116 Å². The van der Waals surface area contributed by atoms with Crippen molar-refractivity contribution in [1.82, 2.24) is 0 Å². The number of hydrogen-bond donors (Lipinski definition) is 1. The fourth-order valence-corrected chi connectivity index (χ4v) is 9.86. The van der Waals surface area contributed by atoms with Crippen molar-refractivity contribution < 1.29 is 14.6 Å². The van der Waals surface area contributed by atoms with Crippen LogP contribution in [0.25, 0.3) is 0 Å². The molecule has 3 nitrogen and oxygen atoms in total. The van der Waals surface area contributed by atoms with Crippen molar-refractivity contribution in [1.29, 1.82) is 0 Å². The van der Waals surface area contributed by atoms with Crippen molar-refractivity contribution in [3.8, 4) is 0 Å². The van der Waals surface area contributed by atoms with Crippen LogP contribution >= 0.6 is 0 Å². The molecule has 1 aromatic rings. The van der Waals surface area contributed by atoms with Gasteiger partial charge in [-0.3, -0.25) is 4.79 Å². The van der Waals surface area contributed by atoms with E-state index >= 15 is 0 Å². The molecule has 0 saturated heterocycles. The van der Waals surface area contributed by atoms with E-state index in [4.69, 9.17) is 4.74 Å². The van der Waals surface area contributed by atoms with Crippen LogP contribution in [-0.2, 0) is 9.53 Å². The average molecular weight is 467 g/mol. The number of hydrogen-bond acceptors (Lipinski definition) is 3. The molecule has 4 fully saturated rings. The fraction of sp³-hybridized carbons (Fsp3) is 0.774. The molecule has 0 aromatic heterocycles. The van der Waals surface area contributed by atoms with E-state index in [0.29, 0.717) is 41.4 Å². The minimum absolute atomic E-state index is 0.00113. The Labute approximate surface area is 207 Å². The van der Waals surface area contributed by atoms with Crippen LogP contribution < -0.4 is 0 Å². The van der Waals surface area contributed by atoms with Crippen molar-refractivity contribution in [3.05, 3.63) is 35.9 Å². The second-order valence-electron chi connectivity index (χ2n) is 12.9. The lowest BCUT2D eigenvalue weighted by Gasteiger charge is -2.62. The summed E-state index contributed by atoms with van der Waals surface area (Å²) < 4.78 is 4.90. The van der Waals surface area contributed by atoms with Crippen molar-refractivity contribution in [2.24, 2.45) is 46.3 Å². The lowest BCUT2D eigenvalue weighted by Crippen LogP contribution is -2.58. The van der Waals surface area contributed by atoms with Crippen LogP contribution in [0.4, 0.5) is 0 Å². The van der Waals surface area contributed by atoms with Gasteiger partial charge in [0.1, 0.15) is 0 Å². The number of fused-ring (bicyclic) bond motifs is 5. The number of rotatable bonds is 5. The Balaban J connectivity index is 1.32. The number of aliphatic hydroxyl groups is 1. The third-order valence-corrected chi connectivity index (χ3v) is 11.8. The van der Waals surface area contributed by atoms with Gasteiger partial charge in [0, 0.05) is 6.42 Å². The first kappa shape index (κ1) is 24.3. The first-order valence-electron chi connectivity index (χ1n) is 14.1. The summed E-state index contributed by atoms with van der Waals surface area (Å²) in [6.45, 7) is 7.31. The van der Waals surface area contributed by atoms with Gasteiger partial charge in [0.15, 0.2) is 0 Å². The highest BCUT2D eigenvalue weighted by Gasteiger charge is 2.63. The highest BCUT2D eigenvalue weighted by atomic mass is 16.5. The summed E-state index contributed by atoms with van der Waals surface area (Å²) in [5.41, 5.74) is 1.91. The molecule has 0 heterocycles. The van der Waals surface area contributed by atoms with Crippen LogP contribution in [0.2, 0.25) is 0 Å². The Hall–Kier alpha value is -1.35. The average Bonchev–Trinajstić information content (AvgIpc) is 3.22. The zero-order valence-electron chi connectivity index (χ0n) is 21.8. The molecule has 1 N–H and O–H groups in total. The van der Waals surface area contributed by atoms with Gasteiger partial charge >= 0.3 is 5.97 Å². The molecule has 0 spiro atoms. The molecule has 4 saturated carbocycles. The quantitative estimate of drug-likeness (QED) is 0.476. The highest BCUT2D eigenvalue weighted by molar-refractivity contribution is 5.69. The van der Waals surface area contributed by atoms with Gasteiger partial charge in [-0.25, -0.2) is 0 Å². The molecule has 0 bridgehead atoms. The van der Waals surface area contributed by atoms with E-state index in [9.17, 15) is 9.90 Å². The van der Waals surface area contributed by atoms with Gasteiger partial charge in [-0.2, -0.15) is 0 Å². The largest absolute Gasteiger partial charge is 0.469 e. The molecular weight excluding hydrogens is 420 g/mol. The van der Waals surface area contributed by atoms with E-state index in [1.807, 2.05) is 0 Å². The minimum atomic E-state index is -0.214. The van der Waals surface area contributed by atoms with Crippen LogP contribution in [-0.4, -0.2) is 24.3 Å². The number of aliphatic hydroxyl groups excluding tert-OH is 1. The van der Waals surface area contributed by atoms with Gasteiger partial charge in [-0.15, -0.1) is 0 Å². The first-order chi connectivity index (χ1) is 16.3.